The number of fused-ring (bicyclic) bond motifs is 2. The van der Waals surface area contributed by atoms with Gasteiger partial charge in [-0.1, -0.05) is 55.6 Å². The molecule has 3 N–H and O–H groups in total. The van der Waals surface area contributed by atoms with Crippen LogP contribution < -0.4 is 4.72 Å². The van der Waals surface area contributed by atoms with Crippen molar-refractivity contribution < 1.29 is 13.3 Å². The fourth-order valence-electron chi connectivity index (χ4n) is 4.99. The molecular weight excluding hydrogens is 696 g/mol. The number of halogens is 3. The van der Waals surface area contributed by atoms with E-state index in [0.717, 1.165) is 53.5 Å². The van der Waals surface area contributed by atoms with E-state index in [2.05, 4.69) is 58.7 Å². The Morgan fingerprint density at radius 1 is 0.805 bits per heavy atom. The van der Waals surface area contributed by atoms with Crippen LogP contribution in [0.25, 0.3) is 21.8 Å². The number of aromatic amines is 2. The number of rotatable bonds is 7. The van der Waals surface area contributed by atoms with E-state index >= 15 is 0 Å². The van der Waals surface area contributed by atoms with Crippen LogP contribution in [0.2, 0.25) is 5.02 Å². The van der Waals surface area contributed by atoms with Crippen molar-refractivity contribution >= 4 is 86.7 Å². The normalized spacial score (nSPS) is 11.9. The van der Waals surface area contributed by atoms with E-state index in [4.69, 9.17) is 11.6 Å². The van der Waals surface area contributed by atoms with Gasteiger partial charge in [-0.05, 0) is 77.4 Å². The van der Waals surface area contributed by atoms with E-state index in [1.165, 1.54) is 12.1 Å². The van der Waals surface area contributed by atoms with Crippen LogP contribution in [-0.2, 0) is 10.0 Å². The van der Waals surface area contributed by atoms with Gasteiger partial charge in [0.2, 0.25) is 0 Å². The molecule has 6 rings (SSSR count). The Bertz CT molecular complexity index is 1990. The lowest BCUT2D eigenvalue weighted by molar-refractivity contribution is -0.384. The fourth-order valence-corrected chi connectivity index (χ4v) is 6.98. The number of aromatic nitrogens is 2. The fraction of sp³-hybridized carbons (Fsp3) is 0.0345. The summed E-state index contributed by atoms with van der Waals surface area (Å²) in [6, 6.07) is 22.6. The van der Waals surface area contributed by atoms with Crippen LogP contribution in [0.1, 0.15) is 22.6 Å². The molecule has 0 amide bonds. The number of nitrogens with zero attached hydrogens (tertiary/aromatic N) is 1. The highest BCUT2D eigenvalue weighted by molar-refractivity contribution is 9.10. The quantitative estimate of drug-likeness (QED) is 0.113. The van der Waals surface area contributed by atoms with Crippen molar-refractivity contribution in [1.82, 2.24) is 9.97 Å². The van der Waals surface area contributed by atoms with Crippen molar-refractivity contribution in [1.29, 1.82) is 0 Å². The first kappa shape index (κ1) is 27.5. The van der Waals surface area contributed by atoms with Crippen molar-refractivity contribution in [3.05, 3.63) is 132 Å². The Morgan fingerprint density at radius 2 is 1.37 bits per heavy atom. The molecule has 41 heavy (non-hydrogen) atoms. The summed E-state index contributed by atoms with van der Waals surface area (Å²) < 4.78 is 30.5. The summed E-state index contributed by atoms with van der Waals surface area (Å²) in [5.41, 5.74) is 4.88. The van der Waals surface area contributed by atoms with Gasteiger partial charge in [-0.3, -0.25) is 14.8 Å². The van der Waals surface area contributed by atoms with Gasteiger partial charge in [0.1, 0.15) is 5.02 Å². The van der Waals surface area contributed by atoms with Crippen LogP contribution in [0.4, 0.5) is 11.4 Å². The molecule has 2 heterocycles. The molecule has 0 unspecified atom stereocenters. The summed E-state index contributed by atoms with van der Waals surface area (Å²) >= 11 is 13.0. The Morgan fingerprint density at radius 3 is 1.90 bits per heavy atom. The number of sulfonamides is 1. The number of benzene rings is 4. The third-order valence-corrected chi connectivity index (χ3v) is 9.58. The molecule has 0 aliphatic carbocycles. The molecule has 206 valence electrons. The minimum absolute atomic E-state index is 0.141. The second-order valence-electron chi connectivity index (χ2n) is 9.40. The lowest BCUT2D eigenvalue weighted by atomic mass is 9.85. The number of H-pyrrole nitrogens is 2. The van der Waals surface area contributed by atoms with Gasteiger partial charge in [0.25, 0.3) is 15.7 Å². The van der Waals surface area contributed by atoms with Crippen molar-refractivity contribution in [3.8, 4) is 0 Å². The molecule has 0 fully saturated rings. The minimum Gasteiger partial charge on any atom is -0.361 e. The van der Waals surface area contributed by atoms with Gasteiger partial charge in [-0.2, -0.15) is 0 Å². The monoisotopic (exact) mass is 712 g/mol. The van der Waals surface area contributed by atoms with Crippen molar-refractivity contribution in [2.24, 2.45) is 0 Å². The summed E-state index contributed by atoms with van der Waals surface area (Å²) in [7, 11) is -4.11. The minimum atomic E-state index is -4.11. The zero-order chi connectivity index (χ0) is 28.9. The van der Waals surface area contributed by atoms with Crippen LogP contribution in [0.15, 0.2) is 105 Å². The number of nitrogens with one attached hydrogen (secondary N) is 3. The number of nitro groups is 1. The van der Waals surface area contributed by atoms with Crippen molar-refractivity contribution in [2.75, 3.05) is 4.72 Å². The van der Waals surface area contributed by atoms with Crippen LogP contribution in [0.5, 0.6) is 0 Å². The van der Waals surface area contributed by atoms with Gasteiger partial charge >= 0.3 is 0 Å². The zero-order valence-corrected chi connectivity index (χ0v) is 25.6. The van der Waals surface area contributed by atoms with Crippen LogP contribution >= 0.6 is 43.5 Å². The lowest BCUT2D eigenvalue weighted by Crippen LogP contribution is -2.13. The first-order valence-corrected chi connectivity index (χ1v) is 15.7. The van der Waals surface area contributed by atoms with Gasteiger partial charge in [0.05, 0.1) is 9.82 Å². The highest BCUT2D eigenvalue weighted by atomic mass is 79.9. The molecular formula is C29H19Br2ClN4O4S. The highest BCUT2D eigenvalue weighted by Gasteiger charge is 2.25. The van der Waals surface area contributed by atoms with E-state index in [0.29, 0.717) is 5.69 Å². The molecule has 0 bridgehead atoms. The second kappa shape index (κ2) is 10.6. The van der Waals surface area contributed by atoms with Gasteiger partial charge in [0, 0.05) is 60.8 Å². The van der Waals surface area contributed by atoms with Crippen molar-refractivity contribution in [2.45, 2.75) is 10.8 Å². The molecule has 4 aromatic carbocycles. The summed E-state index contributed by atoms with van der Waals surface area (Å²) in [4.78, 5) is 17.0. The third kappa shape index (κ3) is 5.26. The van der Waals surface area contributed by atoms with E-state index in [9.17, 15) is 18.5 Å². The number of hydrogen-bond donors (Lipinski definition) is 3. The predicted octanol–water partition coefficient (Wildman–Crippen LogP) is 8.72. The molecule has 2 aromatic heterocycles. The molecule has 0 saturated carbocycles. The first-order valence-electron chi connectivity index (χ1n) is 12.2. The average Bonchev–Trinajstić information content (AvgIpc) is 3.54. The Hall–Kier alpha value is -3.64. The number of nitro benzene ring substituents is 1. The maximum atomic E-state index is 13.0. The first-order chi connectivity index (χ1) is 19.6. The van der Waals surface area contributed by atoms with Crippen LogP contribution in [0.3, 0.4) is 0 Å². The molecule has 12 heteroatoms. The summed E-state index contributed by atoms with van der Waals surface area (Å²) in [5, 5.41) is 13.2. The molecule has 0 saturated heterocycles. The summed E-state index contributed by atoms with van der Waals surface area (Å²) in [6.07, 6.45) is 4.01. The maximum absolute atomic E-state index is 13.0. The lowest BCUT2D eigenvalue weighted by Gasteiger charge is -2.18. The smallest absolute Gasteiger partial charge is 0.289 e. The van der Waals surface area contributed by atoms with Gasteiger partial charge in [-0.15, -0.1) is 0 Å². The van der Waals surface area contributed by atoms with Crippen LogP contribution in [-0.4, -0.2) is 23.3 Å². The SMILES string of the molecule is O=[N+]([O-])c1cc(S(=O)(=O)Nc2ccc(C(c3c[nH]c4ccc(Br)cc34)c3c[nH]c4ccc(Br)cc34)cc2)ccc1Cl. The molecule has 0 spiro atoms. The molecule has 6 aromatic rings. The van der Waals surface area contributed by atoms with Crippen molar-refractivity contribution in [3.63, 3.8) is 0 Å². The van der Waals surface area contributed by atoms with Gasteiger partial charge < -0.3 is 9.97 Å². The summed E-state index contributed by atoms with van der Waals surface area (Å²) in [5.74, 6) is -0.189. The summed E-state index contributed by atoms with van der Waals surface area (Å²) in [6.45, 7) is 0. The van der Waals surface area contributed by atoms with Crippen LogP contribution in [0, 0.1) is 10.1 Å². The van der Waals surface area contributed by atoms with E-state index in [-0.39, 0.29) is 15.8 Å². The molecule has 0 radical (unpaired) electrons. The highest BCUT2D eigenvalue weighted by Crippen LogP contribution is 2.41. The molecule has 8 nitrogen and oxygen atoms in total. The third-order valence-electron chi connectivity index (χ3n) is 6.89. The van der Waals surface area contributed by atoms with Gasteiger partial charge in [-0.25, -0.2) is 8.42 Å². The Balaban J connectivity index is 1.42. The predicted molar refractivity (Wildman–Crippen MR) is 168 cm³/mol. The van der Waals surface area contributed by atoms with E-state index < -0.39 is 20.6 Å². The van der Waals surface area contributed by atoms with E-state index in [1.807, 2.05) is 48.8 Å². The maximum Gasteiger partial charge on any atom is 0.289 e. The van der Waals surface area contributed by atoms with E-state index in [1.54, 1.807) is 12.1 Å². The Labute approximate surface area is 256 Å². The molecule has 0 aliphatic rings. The standard InChI is InChI=1S/C29H19Br2ClN4O4S/c30-17-3-9-26-21(11-17)23(14-33-26)29(24-15-34-27-10-4-18(31)12-22(24)27)16-1-5-19(6-2-16)35-41(39,40)20-7-8-25(32)28(13-20)36(37)38/h1-15,29,33-35H. The average molecular weight is 715 g/mol. The number of hydrogen-bond acceptors (Lipinski definition) is 4. The topological polar surface area (TPSA) is 121 Å². The molecule has 0 atom stereocenters. The largest absolute Gasteiger partial charge is 0.361 e. The Kier molecular flexibility index (Phi) is 7.14. The number of anilines is 1. The second-order valence-corrected chi connectivity index (χ2v) is 13.3. The molecule has 0 aliphatic heterocycles. The zero-order valence-electron chi connectivity index (χ0n) is 20.9. The van der Waals surface area contributed by atoms with Gasteiger partial charge in [0.15, 0.2) is 0 Å².